The number of hydrogen-bond acceptors (Lipinski definition) is 2. The van der Waals surface area contributed by atoms with Crippen molar-refractivity contribution < 1.29 is 19.8 Å². The predicted molar refractivity (Wildman–Crippen MR) is 77.7 cm³/mol. The Morgan fingerprint density at radius 1 is 0.950 bits per heavy atom. The van der Waals surface area contributed by atoms with E-state index in [0.29, 0.717) is 18.8 Å². The first-order valence-electron chi connectivity index (χ1n) is 7.87. The van der Waals surface area contributed by atoms with E-state index >= 15 is 0 Å². The Labute approximate surface area is 121 Å². The van der Waals surface area contributed by atoms with Crippen molar-refractivity contribution in [2.24, 2.45) is 11.3 Å². The van der Waals surface area contributed by atoms with Gasteiger partial charge in [0, 0.05) is 12.8 Å². The third-order valence-electron chi connectivity index (χ3n) is 4.87. The highest BCUT2D eigenvalue weighted by molar-refractivity contribution is 5.66. The van der Waals surface area contributed by atoms with E-state index in [1.807, 2.05) is 0 Å². The standard InChI is InChI=1S/C16H28O4/c1-16(11-5-9-14(17)18,12-6-10-15(19)20)13-7-3-2-4-8-13/h13H,2-12H2,1H3,(H,17,18)(H,19,20). The van der Waals surface area contributed by atoms with Gasteiger partial charge in [-0.15, -0.1) is 0 Å². The molecule has 1 aliphatic rings. The van der Waals surface area contributed by atoms with E-state index in [2.05, 4.69) is 6.92 Å². The van der Waals surface area contributed by atoms with E-state index in [1.54, 1.807) is 0 Å². The number of carboxylic acids is 2. The fourth-order valence-electron chi connectivity index (χ4n) is 3.62. The summed E-state index contributed by atoms with van der Waals surface area (Å²) in [6, 6.07) is 0. The highest BCUT2D eigenvalue weighted by Crippen LogP contribution is 2.45. The zero-order valence-corrected chi connectivity index (χ0v) is 12.6. The predicted octanol–water partition coefficient (Wildman–Crippen LogP) is 4.08. The molecule has 4 nitrogen and oxygen atoms in total. The largest absolute Gasteiger partial charge is 0.481 e. The summed E-state index contributed by atoms with van der Waals surface area (Å²) in [6.07, 6.45) is 9.93. The van der Waals surface area contributed by atoms with E-state index in [-0.39, 0.29) is 18.3 Å². The normalized spacial score (nSPS) is 17.1. The number of hydrogen-bond donors (Lipinski definition) is 2. The Hall–Kier alpha value is -1.06. The molecule has 0 aliphatic heterocycles. The van der Waals surface area contributed by atoms with Crippen LogP contribution in [0.2, 0.25) is 0 Å². The summed E-state index contributed by atoms with van der Waals surface area (Å²) < 4.78 is 0. The van der Waals surface area contributed by atoms with Gasteiger partial charge in [-0.1, -0.05) is 26.2 Å². The molecule has 0 unspecified atom stereocenters. The van der Waals surface area contributed by atoms with Gasteiger partial charge < -0.3 is 10.2 Å². The fourth-order valence-corrected chi connectivity index (χ4v) is 3.62. The molecule has 4 heteroatoms. The highest BCUT2D eigenvalue weighted by Gasteiger charge is 2.34. The molecule has 1 aliphatic carbocycles. The first kappa shape index (κ1) is 17.0. The molecule has 2 N–H and O–H groups in total. The van der Waals surface area contributed by atoms with Gasteiger partial charge >= 0.3 is 11.9 Å². The van der Waals surface area contributed by atoms with Crippen molar-refractivity contribution in [2.75, 3.05) is 0 Å². The van der Waals surface area contributed by atoms with Gasteiger partial charge in [0.1, 0.15) is 0 Å². The first-order valence-corrected chi connectivity index (χ1v) is 7.87. The molecule has 116 valence electrons. The maximum atomic E-state index is 10.7. The molecule has 0 spiro atoms. The molecule has 0 aromatic rings. The molecule has 0 amide bonds. The van der Waals surface area contributed by atoms with E-state index in [0.717, 1.165) is 12.8 Å². The summed E-state index contributed by atoms with van der Waals surface area (Å²) in [6.45, 7) is 2.24. The molecule has 0 radical (unpaired) electrons. The molecule has 1 rings (SSSR count). The lowest BCUT2D eigenvalue weighted by Gasteiger charge is -2.40. The van der Waals surface area contributed by atoms with Crippen LogP contribution in [0.15, 0.2) is 0 Å². The van der Waals surface area contributed by atoms with Gasteiger partial charge in [-0.2, -0.15) is 0 Å². The van der Waals surface area contributed by atoms with Gasteiger partial charge in [0.05, 0.1) is 0 Å². The molecule has 0 heterocycles. The maximum absolute atomic E-state index is 10.7. The van der Waals surface area contributed by atoms with Crippen LogP contribution in [0.5, 0.6) is 0 Å². The Morgan fingerprint density at radius 2 is 1.40 bits per heavy atom. The highest BCUT2D eigenvalue weighted by atomic mass is 16.4. The average molecular weight is 284 g/mol. The summed E-state index contributed by atoms with van der Waals surface area (Å²) in [5, 5.41) is 17.6. The van der Waals surface area contributed by atoms with E-state index in [1.165, 1.54) is 32.1 Å². The number of rotatable bonds is 9. The lowest BCUT2D eigenvalue weighted by atomic mass is 9.65. The molecule has 0 aromatic heterocycles. The van der Waals surface area contributed by atoms with Crippen molar-refractivity contribution in [3.05, 3.63) is 0 Å². The van der Waals surface area contributed by atoms with Crippen LogP contribution in [0, 0.1) is 11.3 Å². The second-order valence-electron chi connectivity index (χ2n) is 6.48. The van der Waals surface area contributed by atoms with Crippen LogP contribution >= 0.6 is 0 Å². The smallest absolute Gasteiger partial charge is 0.303 e. The van der Waals surface area contributed by atoms with Gasteiger partial charge in [0.2, 0.25) is 0 Å². The van der Waals surface area contributed by atoms with Gasteiger partial charge in [-0.3, -0.25) is 9.59 Å². The van der Waals surface area contributed by atoms with Crippen molar-refractivity contribution >= 4 is 11.9 Å². The van der Waals surface area contributed by atoms with Gasteiger partial charge in [-0.25, -0.2) is 0 Å². The Bertz CT molecular complexity index is 298. The molecular weight excluding hydrogens is 256 g/mol. The van der Waals surface area contributed by atoms with Crippen molar-refractivity contribution in [1.82, 2.24) is 0 Å². The number of carbonyl (C=O) groups is 2. The second-order valence-corrected chi connectivity index (χ2v) is 6.48. The Balaban J connectivity index is 2.54. The summed E-state index contributed by atoms with van der Waals surface area (Å²) >= 11 is 0. The van der Waals surface area contributed by atoms with Crippen molar-refractivity contribution in [1.29, 1.82) is 0 Å². The monoisotopic (exact) mass is 284 g/mol. The minimum Gasteiger partial charge on any atom is -0.481 e. The zero-order chi connectivity index (χ0) is 15.0. The van der Waals surface area contributed by atoms with E-state index < -0.39 is 11.9 Å². The number of carboxylic acid groups (broad SMARTS) is 2. The topological polar surface area (TPSA) is 74.6 Å². The molecule has 1 fully saturated rings. The third kappa shape index (κ3) is 5.93. The van der Waals surface area contributed by atoms with Crippen molar-refractivity contribution in [3.63, 3.8) is 0 Å². The lowest BCUT2D eigenvalue weighted by Crippen LogP contribution is -2.30. The van der Waals surface area contributed by atoms with Gasteiger partial charge in [-0.05, 0) is 49.9 Å². The SMILES string of the molecule is CC(CCCC(=O)O)(CCCC(=O)O)C1CCCCC1. The average Bonchev–Trinajstić information content (AvgIpc) is 2.39. The number of aliphatic carboxylic acids is 2. The van der Waals surface area contributed by atoms with Crippen LogP contribution in [0.1, 0.15) is 77.6 Å². The molecule has 0 atom stereocenters. The minimum atomic E-state index is -0.735. The van der Waals surface area contributed by atoms with Gasteiger partial charge in [0.25, 0.3) is 0 Å². The summed E-state index contributed by atoms with van der Waals surface area (Å²) in [7, 11) is 0. The molecule has 0 aromatic carbocycles. The van der Waals surface area contributed by atoms with E-state index in [9.17, 15) is 9.59 Å². The maximum Gasteiger partial charge on any atom is 0.303 e. The van der Waals surface area contributed by atoms with Crippen molar-refractivity contribution in [3.8, 4) is 0 Å². The van der Waals surface area contributed by atoms with Crippen LogP contribution < -0.4 is 0 Å². The van der Waals surface area contributed by atoms with Gasteiger partial charge in [0.15, 0.2) is 0 Å². The minimum absolute atomic E-state index is 0.116. The summed E-state index contributed by atoms with van der Waals surface area (Å²) in [5.41, 5.74) is 0.116. The van der Waals surface area contributed by atoms with Crippen LogP contribution in [0.25, 0.3) is 0 Å². The van der Waals surface area contributed by atoms with Crippen LogP contribution in [-0.2, 0) is 9.59 Å². The third-order valence-corrected chi connectivity index (χ3v) is 4.87. The molecule has 20 heavy (non-hydrogen) atoms. The molecular formula is C16H28O4. The lowest BCUT2D eigenvalue weighted by molar-refractivity contribution is -0.138. The second kappa shape index (κ2) is 8.28. The quantitative estimate of drug-likeness (QED) is 0.669. The summed E-state index contributed by atoms with van der Waals surface area (Å²) in [5.74, 6) is -0.832. The van der Waals surface area contributed by atoms with Crippen LogP contribution in [0.3, 0.4) is 0 Å². The fraction of sp³-hybridized carbons (Fsp3) is 0.875. The molecule has 1 saturated carbocycles. The van der Waals surface area contributed by atoms with E-state index in [4.69, 9.17) is 10.2 Å². The first-order chi connectivity index (χ1) is 9.44. The Morgan fingerprint density at radius 3 is 1.80 bits per heavy atom. The summed E-state index contributed by atoms with van der Waals surface area (Å²) in [4.78, 5) is 21.4. The van der Waals surface area contributed by atoms with Crippen LogP contribution in [-0.4, -0.2) is 22.2 Å². The Kier molecular flexibility index (Phi) is 7.03. The zero-order valence-electron chi connectivity index (χ0n) is 12.6. The van der Waals surface area contributed by atoms with Crippen molar-refractivity contribution in [2.45, 2.75) is 77.6 Å². The van der Waals surface area contributed by atoms with Crippen LogP contribution in [0.4, 0.5) is 0 Å². The molecule has 0 bridgehead atoms. The molecule has 0 saturated heterocycles.